The molecule has 3 fully saturated rings. The molecule has 3 aliphatic rings. The van der Waals surface area contributed by atoms with Gasteiger partial charge in [-0.2, -0.15) is 0 Å². The van der Waals surface area contributed by atoms with Crippen molar-refractivity contribution in [1.29, 1.82) is 0 Å². The van der Waals surface area contributed by atoms with E-state index in [-0.39, 0.29) is 0 Å². The summed E-state index contributed by atoms with van der Waals surface area (Å²) < 4.78 is 0. The van der Waals surface area contributed by atoms with E-state index >= 15 is 0 Å². The molecule has 0 bridgehead atoms. The number of rotatable bonds is 0. The minimum atomic E-state index is 1.22. The maximum atomic E-state index is 1.61. The first-order valence-corrected chi connectivity index (χ1v) is 3.95. The maximum absolute atomic E-state index is 1.61. The van der Waals surface area contributed by atoms with Crippen LogP contribution in [0.3, 0.4) is 0 Å². The molecule has 0 saturated heterocycles. The second-order valence-electron chi connectivity index (χ2n) is 3.90. The molecular weight excluding hydrogens is 96.1 g/mol. The Labute approximate surface area is 50.3 Å². The molecule has 0 N–H and O–H groups in total. The van der Waals surface area contributed by atoms with Crippen LogP contribution in [0.2, 0.25) is 0 Å². The Bertz CT molecular complexity index is 112. The zero-order valence-corrected chi connectivity index (χ0v) is 5.14. The fourth-order valence-corrected chi connectivity index (χ4v) is 2.68. The van der Waals surface area contributed by atoms with E-state index in [1.54, 1.807) is 25.7 Å². The van der Waals surface area contributed by atoms with Crippen molar-refractivity contribution in [3.05, 3.63) is 0 Å². The average Bonchev–Trinajstić information content (AvgIpc) is 2.59. The summed E-state index contributed by atoms with van der Waals surface area (Å²) in [6, 6.07) is 0. The highest BCUT2D eigenvalue weighted by Gasteiger charge is 2.56. The van der Waals surface area contributed by atoms with E-state index in [0.29, 0.717) is 0 Å². The monoisotopic (exact) mass is 108 g/mol. The summed E-state index contributed by atoms with van der Waals surface area (Å²) >= 11 is 0. The molecule has 0 spiro atoms. The lowest BCUT2D eigenvalue weighted by atomic mass is 10.0. The SMILES string of the molecule is C1C[C@@H]2C[C@H]2C2CC12. The van der Waals surface area contributed by atoms with Crippen LogP contribution in [0.4, 0.5) is 0 Å². The van der Waals surface area contributed by atoms with Crippen molar-refractivity contribution in [3.8, 4) is 0 Å². The first-order valence-electron chi connectivity index (χ1n) is 3.95. The van der Waals surface area contributed by atoms with Crippen molar-refractivity contribution in [2.24, 2.45) is 23.7 Å². The summed E-state index contributed by atoms with van der Waals surface area (Å²) in [6.07, 6.45) is 6.40. The van der Waals surface area contributed by atoms with Crippen LogP contribution in [0.1, 0.15) is 25.7 Å². The van der Waals surface area contributed by atoms with Crippen LogP contribution >= 0.6 is 0 Å². The van der Waals surface area contributed by atoms with Gasteiger partial charge in [-0.3, -0.25) is 0 Å². The lowest BCUT2D eigenvalue weighted by Gasteiger charge is -2.04. The molecule has 0 aromatic carbocycles. The number of fused-ring (bicyclic) bond motifs is 3. The summed E-state index contributed by atoms with van der Waals surface area (Å²) in [5.41, 5.74) is 0. The van der Waals surface area contributed by atoms with Crippen LogP contribution in [0, 0.1) is 23.7 Å². The minimum absolute atomic E-state index is 1.22. The predicted octanol–water partition coefficient (Wildman–Crippen LogP) is 2.05. The zero-order valence-electron chi connectivity index (χ0n) is 5.14. The van der Waals surface area contributed by atoms with Crippen molar-refractivity contribution in [2.75, 3.05) is 0 Å². The van der Waals surface area contributed by atoms with Crippen LogP contribution in [0.25, 0.3) is 0 Å². The van der Waals surface area contributed by atoms with Gasteiger partial charge >= 0.3 is 0 Å². The first-order chi connectivity index (χ1) is 3.95. The van der Waals surface area contributed by atoms with Crippen molar-refractivity contribution in [3.63, 3.8) is 0 Å². The van der Waals surface area contributed by atoms with Gasteiger partial charge in [0.25, 0.3) is 0 Å². The van der Waals surface area contributed by atoms with E-state index in [1.807, 2.05) is 0 Å². The molecule has 0 radical (unpaired) electrons. The third kappa shape index (κ3) is 0.340. The lowest BCUT2D eigenvalue weighted by Crippen LogP contribution is -1.96. The Kier molecular flexibility index (Phi) is 0.482. The first kappa shape index (κ1) is 3.92. The molecule has 0 heteroatoms. The molecule has 8 heavy (non-hydrogen) atoms. The number of hydrogen-bond acceptors (Lipinski definition) is 0. The fraction of sp³-hybridized carbons (Fsp3) is 1.00. The van der Waals surface area contributed by atoms with Gasteiger partial charge in [0.1, 0.15) is 0 Å². The molecular formula is C8H12. The Morgan fingerprint density at radius 2 is 1.25 bits per heavy atom. The molecule has 0 heterocycles. The van der Waals surface area contributed by atoms with E-state index < -0.39 is 0 Å². The lowest BCUT2D eigenvalue weighted by molar-refractivity contribution is 0.456. The molecule has 0 aliphatic heterocycles. The molecule has 0 aromatic heterocycles. The van der Waals surface area contributed by atoms with Gasteiger partial charge in [0.05, 0.1) is 0 Å². The smallest absolute Gasteiger partial charge is 0.0352 e. The van der Waals surface area contributed by atoms with E-state index in [2.05, 4.69) is 0 Å². The van der Waals surface area contributed by atoms with Crippen molar-refractivity contribution in [2.45, 2.75) is 25.7 Å². The van der Waals surface area contributed by atoms with Gasteiger partial charge in [-0.05, 0) is 49.4 Å². The van der Waals surface area contributed by atoms with E-state index in [4.69, 9.17) is 0 Å². The Balaban J connectivity index is 1.89. The van der Waals surface area contributed by atoms with Gasteiger partial charge in [-0.15, -0.1) is 0 Å². The molecule has 4 atom stereocenters. The molecule has 0 aromatic rings. The summed E-state index contributed by atoms with van der Waals surface area (Å²) in [4.78, 5) is 0. The van der Waals surface area contributed by atoms with Gasteiger partial charge in [-0.25, -0.2) is 0 Å². The van der Waals surface area contributed by atoms with Gasteiger partial charge in [0.15, 0.2) is 0 Å². The highest BCUT2D eigenvalue weighted by Crippen LogP contribution is 2.65. The molecule has 0 amide bonds. The average molecular weight is 108 g/mol. The molecule has 3 rings (SSSR count). The van der Waals surface area contributed by atoms with Crippen LogP contribution < -0.4 is 0 Å². The van der Waals surface area contributed by atoms with E-state index in [9.17, 15) is 0 Å². The third-order valence-electron chi connectivity index (χ3n) is 3.41. The van der Waals surface area contributed by atoms with Gasteiger partial charge in [0.2, 0.25) is 0 Å². The third-order valence-corrected chi connectivity index (χ3v) is 3.41. The Morgan fingerprint density at radius 3 is 1.75 bits per heavy atom. The van der Waals surface area contributed by atoms with Crippen molar-refractivity contribution >= 4 is 0 Å². The van der Waals surface area contributed by atoms with E-state index in [1.165, 1.54) is 23.7 Å². The fourth-order valence-electron chi connectivity index (χ4n) is 2.68. The largest absolute Gasteiger partial charge is 0.0499 e. The van der Waals surface area contributed by atoms with E-state index in [0.717, 1.165) is 0 Å². The highest BCUT2D eigenvalue weighted by molar-refractivity contribution is 5.06. The number of hydrogen-bond donors (Lipinski definition) is 0. The quantitative estimate of drug-likeness (QED) is 0.445. The van der Waals surface area contributed by atoms with Crippen LogP contribution in [0.15, 0.2) is 0 Å². The summed E-state index contributed by atoms with van der Waals surface area (Å²) in [7, 11) is 0. The summed E-state index contributed by atoms with van der Waals surface area (Å²) in [6.45, 7) is 0. The standard InChI is InChI=1S/C8H12/c1-2-6-4-8(6)7-3-5(1)7/h5-8H,1-4H2/t5-,6?,7-,8?/m1/s1. The molecule has 3 saturated carbocycles. The van der Waals surface area contributed by atoms with Crippen LogP contribution in [-0.4, -0.2) is 0 Å². The second kappa shape index (κ2) is 0.984. The van der Waals surface area contributed by atoms with Crippen molar-refractivity contribution in [1.82, 2.24) is 0 Å². The van der Waals surface area contributed by atoms with Crippen LogP contribution in [-0.2, 0) is 0 Å². The molecule has 44 valence electrons. The van der Waals surface area contributed by atoms with Gasteiger partial charge in [-0.1, -0.05) is 0 Å². The van der Waals surface area contributed by atoms with Crippen molar-refractivity contribution < 1.29 is 0 Å². The van der Waals surface area contributed by atoms with Crippen LogP contribution in [0.5, 0.6) is 0 Å². The predicted molar refractivity (Wildman–Crippen MR) is 32.4 cm³/mol. The normalized spacial score (nSPS) is 66.0. The molecule has 3 aliphatic carbocycles. The minimum Gasteiger partial charge on any atom is -0.0499 e. The molecule has 0 nitrogen and oxygen atoms in total. The maximum Gasteiger partial charge on any atom is -0.0352 e. The topological polar surface area (TPSA) is 0 Å². The second-order valence-corrected chi connectivity index (χ2v) is 3.90. The summed E-state index contributed by atoms with van der Waals surface area (Å²) in [5, 5.41) is 0. The highest BCUT2D eigenvalue weighted by atomic mass is 14.6. The molecule has 2 unspecified atom stereocenters. The zero-order chi connectivity index (χ0) is 5.14. The van der Waals surface area contributed by atoms with Gasteiger partial charge < -0.3 is 0 Å². The Morgan fingerprint density at radius 1 is 0.750 bits per heavy atom. The van der Waals surface area contributed by atoms with Gasteiger partial charge in [0, 0.05) is 0 Å². The summed E-state index contributed by atoms with van der Waals surface area (Å²) in [5.74, 6) is 4.93. The Hall–Kier alpha value is 0.